The van der Waals surface area contributed by atoms with E-state index < -0.39 is 5.60 Å². The maximum atomic E-state index is 11.8. The maximum absolute atomic E-state index is 11.8. The molecule has 0 fully saturated rings. The molecule has 0 aromatic rings. The van der Waals surface area contributed by atoms with Crippen LogP contribution in [0.1, 0.15) is 73.6 Å². The van der Waals surface area contributed by atoms with E-state index in [-0.39, 0.29) is 24.5 Å². The van der Waals surface area contributed by atoms with Gasteiger partial charge in [-0.05, 0) is 57.8 Å². The van der Waals surface area contributed by atoms with E-state index in [0.717, 1.165) is 19.3 Å². The second-order valence-corrected chi connectivity index (χ2v) is 8.71. The molecule has 5 nitrogen and oxygen atoms in total. The van der Waals surface area contributed by atoms with E-state index in [9.17, 15) is 9.59 Å². The normalized spacial score (nSPS) is 14.9. The average Bonchev–Trinajstić information content (AvgIpc) is 2.50. The zero-order valence-electron chi connectivity index (χ0n) is 18.2. The van der Waals surface area contributed by atoms with Crippen LogP contribution in [0.2, 0.25) is 0 Å². The predicted octanol–water partition coefficient (Wildman–Crippen LogP) is 4.93. The van der Waals surface area contributed by atoms with E-state index in [1.807, 2.05) is 27.7 Å². The van der Waals surface area contributed by atoms with Crippen LogP contribution in [0.15, 0.2) is 12.7 Å². The van der Waals surface area contributed by atoms with Crippen LogP contribution in [-0.2, 0) is 23.8 Å². The molecule has 0 N–H and O–H groups in total. The minimum atomic E-state index is -0.428. The van der Waals surface area contributed by atoms with Gasteiger partial charge in [0.05, 0.1) is 0 Å². The van der Waals surface area contributed by atoms with Crippen LogP contribution in [0.3, 0.4) is 0 Å². The largest absolute Gasteiger partial charge is 0.461 e. The minimum absolute atomic E-state index is 0.149. The van der Waals surface area contributed by atoms with Gasteiger partial charge in [-0.2, -0.15) is 0 Å². The second-order valence-electron chi connectivity index (χ2n) is 8.71. The third kappa shape index (κ3) is 16.5. The highest BCUT2D eigenvalue weighted by molar-refractivity contribution is 5.70. The molecular formula is C22H40O5. The monoisotopic (exact) mass is 384 g/mol. The van der Waals surface area contributed by atoms with Gasteiger partial charge >= 0.3 is 11.9 Å². The third-order valence-electron chi connectivity index (χ3n) is 4.13. The SMILES string of the molecule is C=CCOC(=O)C[C@H](C)C[C@H](C)CCOCC[C@@H](C)CC(=O)OC(C)(C)C. The van der Waals surface area contributed by atoms with E-state index in [4.69, 9.17) is 14.2 Å². The summed E-state index contributed by atoms with van der Waals surface area (Å²) < 4.78 is 16.1. The molecule has 0 saturated heterocycles. The lowest BCUT2D eigenvalue weighted by Crippen LogP contribution is -2.25. The zero-order chi connectivity index (χ0) is 20.9. The fourth-order valence-electron chi connectivity index (χ4n) is 2.82. The Balaban J connectivity index is 3.77. The summed E-state index contributed by atoms with van der Waals surface area (Å²) in [5.74, 6) is 0.727. The molecule has 158 valence electrons. The summed E-state index contributed by atoms with van der Waals surface area (Å²) >= 11 is 0. The van der Waals surface area contributed by atoms with Crippen LogP contribution in [0.25, 0.3) is 0 Å². The summed E-state index contributed by atoms with van der Waals surface area (Å²) in [5.41, 5.74) is -0.428. The molecule has 0 spiro atoms. The predicted molar refractivity (Wildman–Crippen MR) is 108 cm³/mol. The molecule has 0 radical (unpaired) electrons. The van der Waals surface area contributed by atoms with Gasteiger partial charge in [-0.15, -0.1) is 0 Å². The molecule has 0 unspecified atom stereocenters. The van der Waals surface area contributed by atoms with Gasteiger partial charge in [0.25, 0.3) is 0 Å². The lowest BCUT2D eigenvalue weighted by Gasteiger charge is -2.21. The average molecular weight is 385 g/mol. The standard InChI is InChI=1S/C22H40O5/c1-8-11-26-20(23)16-19(4)14-17(2)9-12-25-13-10-18(3)15-21(24)27-22(5,6)7/h8,17-19H,1,9-16H2,2-7H3/t17-,18-,19-/m1/s1. The van der Waals surface area contributed by atoms with E-state index in [1.54, 1.807) is 6.08 Å². The number of esters is 2. The lowest BCUT2D eigenvalue weighted by atomic mass is 9.93. The highest BCUT2D eigenvalue weighted by atomic mass is 16.6. The van der Waals surface area contributed by atoms with Crippen molar-refractivity contribution in [3.63, 3.8) is 0 Å². The summed E-state index contributed by atoms with van der Waals surface area (Å²) in [6.45, 7) is 17.1. The number of hydrogen-bond donors (Lipinski definition) is 0. The summed E-state index contributed by atoms with van der Waals surface area (Å²) in [7, 11) is 0. The van der Waals surface area contributed by atoms with Crippen LogP contribution in [0, 0.1) is 17.8 Å². The summed E-state index contributed by atoms with van der Waals surface area (Å²) in [4.78, 5) is 23.4. The Bertz CT molecular complexity index is 438. The molecular weight excluding hydrogens is 344 g/mol. The Kier molecular flexibility index (Phi) is 13.1. The van der Waals surface area contributed by atoms with E-state index in [1.165, 1.54) is 0 Å². The van der Waals surface area contributed by atoms with Crippen molar-refractivity contribution in [2.45, 2.75) is 79.2 Å². The molecule has 5 heteroatoms. The van der Waals surface area contributed by atoms with Crippen molar-refractivity contribution in [3.05, 3.63) is 12.7 Å². The molecule has 0 heterocycles. The Morgan fingerprint density at radius 3 is 2.04 bits per heavy atom. The van der Waals surface area contributed by atoms with Gasteiger partial charge in [0.1, 0.15) is 12.2 Å². The highest BCUT2D eigenvalue weighted by Crippen LogP contribution is 2.19. The zero-order valence-corrected chi connectivity index (χ0v) is 18.2. The molecule has 0 aliphatic rings. The molecule has 0 saturated carbocycles. The Hall–Kier alpha value is -1.36. The van der Waals surface area contributed by atoms with Crippen molar-refractivity contribution in [1.82, 2.24) is 0 Å². The first-order valence-electron chi connectivity index (χ1n) is 10.1. The lowest BCUT2D eigenvalue weighted by molar-refractivity contribution is -0.156. The van der Waals surface area contributed by atoms with Crippen molar-refractivity contribution in [1.29, 1.82) is 0 Å². The number of hydrogen-bond acceptors (Lipinski definition) is 5. The first-order valence-corrected chi connectivity index (χ1v) is 10.1. The van der Waals surface area contributed by atoms with E-state index in [2.05, 4.69) is 20.4 Å². The van der Waals surface area contributed by atoms with Gasteiger partial charge in [0.2, 0.25) is 0 Å². The van der Waals surface area contributed by atoms with Gasteiger partial charge < -0.3 is 14.2 Å². The summed E-state index contributed by atoms with van der Waals surface area (Å²) in [6, 6.07) is 0. The van der Waals surface area contributed by atoms with Crippen molar-refractivity contribution >= 4 is 11.9 Å². The van der Waals surface area contributed by atoms with Crippen LogP contribution in [-0.4, -0.2) is 37.4 Å². The van der Waals surface area contributed by atoms with Crippen molar-refractivity contribution in [2.75, 3.05) is 19.8 Å². The van der Waals surface area contributed by atoms with Crippen molar-refractivity contribution in [3.8, 4) is 0 Å². The molecule has 0 aliphatic carbocycles. The smallest absolute Gasteiger partial charge is 0.306 e. The highest BCUT2D eigenvalue weighted by Gasteiger charge is 2.18. The first-order chi connectivity index (χ1) is 12.5. The van der Waals surface area contributed by atoms with Crippen LogP contribution in [0.4, 0.5) is 0 Å². The Labute approximate surface area is 165 Å². The fourth-order valence-corrected chi connectivity index (χ4v) is 2.82. The maximum Gasteiger partial charge on any atom is 0.306 e. The van der Waals surface area contributed by atoms with Crippen LogP contribution in [0.5, 0.6) is 0 Å². The molecule has 0 bridgehead atoms. The van der Waals surface area contributed by atoms with E-state index in [0.29, 0.717) is 37.9 Å². The molecule has 0 amide bonds. The topological polar surface area (TPSA) is 61.8 Å². The number of carbonyl (C=O) groups excluding carboxylic acids is 2. The van der Waals surface area contributed by atoms with Gasteiger partial charge in [-0.1, -0.05) is 33.4 Å². The molecule has 0 aliphatic heterocycles. The Morgan fingerprint density at radius 2 is 1.48 bits per heavy atom. The van der Waals surface area contributed by atoms with Crippen molar-refractivity contribution < 1.29 is 23.8 Å². The third-order valence-corrected chi connectivity index (χ3v) is 4.13. The van der Waals surface area contributed by atoms with Gasteiger partial charge in [-0.3, -0.25) is 9.59 Å². The number of carbonyl (C=O) groups is 2. The quantitative estimate of drug-likeness (QED) is 0.241. The van der Waals surface area contributed by atoms with Crippen LogP contribution >= 0.6 is 0 Å². The minimum Gasteiger partial charge on any atom is -0.461 e. The molecule has 0 rings (SSSR count). The fraction of sp³-hybridized carbons (Fsp3) is 0.818. The van der Waals surface area contributed by atoms with Crippen LogP contribution < -0.4 is 0 Å². The molecule has 3 atom stereocenters. The van der Waals surface area contributed by atoms with Gasteiger partial charge in [0.15, 0.2) is 0 Å². The van der Waals surface area contributed by atoms with Gasteiger partial charge in [-0.25, -0.2) is 0 Å². The molecule has 27 heavy (non-hydrogen) atoms. The van der Waals surface area contributed by atoms with Gasteiger partial charge in [0, 0.05) is 26.1 Å². The summed E-state index contributed by atoms with van der Waals surface area (Å²) in [5, 5.41) is 0. The molecule has 0 aromatic carbocycles. The van der Waals surface area contributed by atoms with E-state index >= 15 is 0 Å². The first kappa shape index (κ1) is 25.6. The van der Waals surface area contributed by atoms with Crippen molar-refractivity contribution in [2.24, 2.45) is 17.8 Å². The molecule has 0 aromatic heterocycles. The Morgan fingerprint density at radius 1 is 0.926 bits per heavy atom. The number of rotatable bonds is 14. The summed E-state index contributed by atoms with van der Waals surface area (Å²) in [6.07, 6.45) is 5.24. The number of ether oxygens (including phenoxy) is 3. The second kappa shape index (κ2) is 13.8.